The molecule has 83 heavy (non-hydrogen) atoms. The normalized spacial score (nSPS) is 13.7. The van der Waals surface area contributed by atoms with E-state index < -0.39 is 8.07 Å². The van der Waals surface area contributed by atoms with Crippen LogP contribution in [0.3, 0.4) is 0 Å². The molecule has 14 rings (SSSR count). The predicted molar refractivity (Wildman–Crippen MR) is 345 cm³/mol. The summed E-state index contributed by atoms with van der Waals surface area (Å²) < 4.78 is 0. The van der Waals surface area contributed by atoms with Gasteiger partial charge >= 0.3 is 0 Å². The highest BCUT2D eigenvalue weighted by Gasteiger charge is 2.60. The molecule has 0 saturated carbocycles. The summed E-state index contributed by atoms with van der Waals surface area (Å²) in [5.41, 5.74) is 15.9. The van der Waals surface area contributed by atoms with Crippen LogP contribution < -0.4 is 9.80 Å². The lowest BCUT2D eigenvalue weighted by molar-refractivity contribution is 1.12. The molecular weight excluding hydrogens is 1020 g/mol. The Morgan fingerprint density at radius 1 is 0.193 bits per heavy atom. The molecule has 6 nitrogen and oxygen atoms in total. The van der Waals surface area contributed by atoms with Gasteiger partial charge in [0.25, 0.3) is 0 Å². The van der Waals surface area contributed by atoms with Crippen LogP contribution in [0.15, 0.2) is 328 Å². The minimum absolute atomic E-state index is 0.776. The fourth-order valence-corrected chi connectivity index (χ4v) is 19.0. The summed E-state index contributed by atoms with van der Waals surface area (Å²) in [6.07, 6.45) is 7.36. The average molecular weight is 1080 g/mol. The highest BCUT2D eigenvalue weighted by atomic mass is 28.3. The van der Waals surface area contributed by atoms with E-state index in [2.05, 4.69) is 240 Å². The molecule has 0 amide bonds. The summed E-state index contributed by atoms with van der Waals surface area (Å²) in [4.78, 5) is 23.9. The van der Waals surface area contributed by atoms with Gasteiger partial charge in [-0.05, 0) is 160 Å². The summed E-state index contributed by atoms with van der Waals surface area (Å²) in [6.45, 7) is 0. The van der Waals surface area contributed by atoms with Crippen LogP contribution >= 0.6 is 0 Å². The summed E-state index contributed by atoms with van der Waals surface area (Å²) in [5, 5.41) is 5.26. The summed E-state index contributed by atoms with van der Waals surface area (Å²) >= 11 is 0. The number of anilines is 6. The lowest BCUT2D eigenvalue weighted by atomic mass is 9.89. The van der Waals surface area contributed by atoms with E-state index in [0.717, 1.165) is 68.0 Å². The number of nitrogens with zero attached hydrogens (tertiary/aromatic N) is 6. The minimum atomic E-state index is -3.84. The van der Waals surface area contributed by atoms with Crippen molar-refractivity contribution in [2.24, 2.45) is 0 Å². The fourth-order valence-electron chi connectivity index (χ4n) is 12.5. The van der Waals surface area contributed by atoms with Crippen molar-refractivity contribution in [3.63, 3.8) is 0 Å². The smallest absolute Gasteiger partial charge is 0.184 e. The number of hydrogen-bond acceptors (Lipinski definition) is 6. The maximum absolute atomic E-state index is 4.90. The average Bonchev–Trinajstić information content (AvgIpc) is 1.89. The van der Waals surface area contributed by atoms with Crippen molar-refractivity contribution in [2.75, 3.05) is 9.80 Å². The van der Waals surface area contributed by atoms with E-state index in [1.54, 1.807) is 0 Å². The largest absolute Gasteiger partial charge is 0.279 e. The maximum atomic E-state index is 4.90. The van der Waals surface area contributed by atoms with Gasteiger partial charge in [-0.25, -0.2) is 19.9 Å². The van der Waals surface area contributed by atoms with Gasteiger partial charge < -0.3 is 0 Å². The Morgan fingerprint density at radius 2 is 0.398 bits per heavy atom. The molecule has 8 aromatic carbocycles. The minimum Gasteiger partial charge on any atom is -0.279 e. The summed E-state index contributed by atoms with van der Waals surface area (Å²) in [5.74, 6) is 3.10. The molecule has 0 radical (unpaired) electrons. The molecule has 0 bridgehead atoms. The maximum Gasteiger partial charge on any atom is 0.184 e. The van der Waals surface area contributed by atoms with Crippen molar-refractivity contribution in [3.8, 4) is 0 Å². The van der Waals surface area contributed by atoms with Crippen molar-refractivity contribution in [1.82, 2.24) is 19.9 Å². The van der Waals surface area contributed by atoms with E-state index in [-0.39, 0.29) is 0 Å². The number of aromatic nitrogens is 4. The van der Waals surface area contributed by atoms with Crippen LogP contribution in [0.5, 0.6) is 0 Å². The number of allylic oxidation sites excluding steroid dienone is 4. The summed E-state index contributed by atoms with van der Waals surface area (Å²) in [6, 6.07) is 110. The number of rotatable bonds is 14. The monoisotopic (exact) mass is 1080 g/mol. The third-order valence-electron chi connectivity index (χ3n) is 15.7. The number of benzene rings is 8. The van der Waals surface area contributed by atoms with Crippen molar-refractivity contribution >= 4 is 85.8 Å². The van der Waals surface area contributed by atoms with Gasteiger partial charge in [0.1, 0.15) is 23.3 Å². The van der Waals surface area contributed by atoms with Gasteiger partial charge in [-0.3, -0.25) is 9.80 Å². The predicted octanol–water partition coefficient (Wildman–Crippen LogP) is 18.6. The zero-order valence-corrected chi connectivity index (χ0v) is 46.4. The van der Waals surface area contributed by atoms with Gasteiger partial charge in [0.05, 0.1) is 0 Å². The molecule has 0 unspecified atom stereocenters. The van der Waals surface area contributed by atoms with Crippen molar-refractivity contribution in [3.05, 3.63) is 373 Å². The Balaban J connectivity index is 1.17. The van der Waals surface area contributed by atoms with Gasteiger partial charge in [-0.15, -0.1) is 0 Å². The second-order valence-corrected chi connectivity index (χ2v) is 24.0. The van der Waals surface area contributed by atoms with Gasteiger partial charge in [-0.1, -0.05) is 231 Å². The van der Waals surface area contributed by atoms with E-state index in [4.69, 9.17) is 19.9 Å². The van der Waals surface area contributed by atoms with Gasteiger partial charge in [0.2, 0.25) is 0 Å². The molecule has 2 aliphatic heterocycles. The highest BCUT2D eigenvalue weighted by molar-refractivity contribution is 7.37. The second kappa shape index (κ2) is 22.3. The molecular formula is C76H54N6Si. The van der Waals surface area contributed by atoms with Crippen LogP contribution in [-0.2, 0) is 0 Å². The molecule has 0 aliphatic carbocycles. The Bertz CT molecular complexity index is 3970. The van der Waals surface area contributed by atoms with Gasteiger partial charge in [-0.2, -0.15) is 0 Å². The molecule has 12 aromatic rings. The van der Waals surface area contributed by atoms with Crippen LogP contribution in [0, 0.1) is 0 Å². The SMILES string of the molecule is c1ccc(C2=C(c3ccccc3)[Si]3(C(c4ccccc4)=C2c2ccccc2)C(c2ccc(N(c4ccccn4)c4ccccn4)cc2)=C(c2ccccc2)C(c2ccccc2)=C3c2ccc(N(c3ccccn3)c3ccccn3)cc2)cc1. The fraction of sp³-hybridized carbons (Fsp3) is 0. The Hall–Kier alpha value is -10.9. The van der Waals surface area contributed by atoms with Crippen molar-refractivity contribution in [1.29, 1.82) is 0 Å². The lowest BCUT2D eigenvalue weighted by Crippen LogP contribution is -2.40. The van der Waals surface area contributed by atoms with Crippen LogP contribution in [-0.4, -0.2) is 28.0 Å². The zero-order valence-electron chi connectivity index (χ0n) is 45.4. The van der Waals surface area contributed by atoms with E-state index in [0.29, 0.717) is 0 Å². The first kappa shape index (κ1) is 50.4. The second-order valence-electron chi connectivity index (χ2n) is 20.5. The molecule has 0 fully saturated rings. The van der Waals surface area contributed by atoms with E-state index in [1.165, 1.54) is 54.2 Å². The van der Waals surface area contributed by atoms with Crippen LogP contribution in [0.2, 0.25) is 0 Å². The van der Waals surface area contributed by atoms with Gasteiger partial charge in [0, 0.05) is 36.2 Å². The first-order valence-corrected chi connectivity index (χ1v) is 30.0. The quantitative estimate of drug-likeness (QED) is 0.101. The van der Waals surface area contributed by atoms with Crippen LogP contribution in [0.25, 0.3) is 43.1 Å². The van der Waals surface area contributed by atoms with E-state index in [1.807, 2.05) is 97.6 Å². The highest BCUT2D eigenvalue weighted by Crippen LogP contribution is 2.69. The molecule has 4 aromatic heterocycles. The zero-order chi connectivity index (χ0) is 55.4. The van der Waals surface area contributed by atoms with Crippen LogP contribution in [0.1, 0.15) is 44.5 Å². The molecule has 0 N–H and O–H groups in total. The van der Waals surface area contributed by atoms with Gasteiger partial charge in [0.15, 0.2) is 8.07 Å². The molecule has 2 aliphatic rings. The first-order valence-electron chi connectivity index (χ1n) is 28.0. The lowest BCUT2D eigenvalue weighted by Gasteiger charge is -2.38. The van der Waals surface area contributed by atoms with E-state index >= 15 is 0 Å². The van der Waals surface area contributed by atoms with Crippen molar-refractivity contribution in [2.45, 2.75) is 0 Å². The Kier molecular flexibility index (Phi) is 13.6. The standard InChI is InChI=1S/C76H54N6Si/c1-7-27-55(28-8-1)69-70(56-29-9-2-10-30-56)74(60-37-17-6-18-38-60)83(73(69)59-35-15-5-16-36-59)75(61-43-47-63(48-44-61)81(65-39-19-23-51-77-65)66-40-20-24-52-78-66)71(57-31-11-3-12-32-57)72(58-33-13-4-14-34-58)76(83)62-45-49-64(50-46-62)82(67-41-21-25-53-79-67)68-42-22-26-54-80-68/h1-54H. The van der Waals surface area contributed by atoms with Crippen molar-refractivity contribution < 1.29 is 0 Å². The Morgan fingerprint density at radius 3 is 0.614 bits per heavy atom. The van der Waals surface area contributed by atoms with E-state index in [9.17, 15) is 0 Å². The molecule has 1 spiro atoms. The number of pyridine rings is 4. The topological polar surface area (TPSA) is 58.0 Å². The molecule has 0 atom stereocenters. The summed E-state index contributed by atoms with van der Waals surface area (Å²) in [7, 11) is -3.84. The molecule has 392 valence electrons. The third kappa shape index (κ3) is 9.12. The number of hydrogen-bond donors (Lipinski definition) is 0. The molecule has 7 heteroatoms. The molecule has 6 heterocycles. The Labute approximate surface area is 485 Å². The first-order chi connectivity index (χ1) is 41.3. The van der Waals surface area contributed by atoms with Crippen LogP contribution in [0.4, 0.5) is 34.6 Å². The molecule has 0 saturated heterocycles. The third-order valence-corrected chi connectivity index (χ3v) is 20.9.